The molecule has 2 aliphatic rings. The van der Waals surface area contributed by atoms with Crippen LogP contribution in [0.2, 0.25) is 5.02 Å². The summed E-state index contributed by atoms with van der Waals surface area (Å²) in [6.45, 7) is 6.24. The highest BCUT2D eigenvalue weighted by molar-refractivity contribution is 6.31. The van der Waals surface area contributed by atoms with Gasteiger partial charge in [0.2, 0.25) is 5.91 Å². The SMILES string of the molecule is CN=C(NCC(C)(C)c1ccc(F)cc1Cl)NC1CCN(C(=O)C2CCCC2)C1. The van der Waals surface area contributed by atoms with E-state index in [0.29, 0.717) is 23.4 Å². The smallest absolute Gasteiger partial charge is 0.225 e. The maximum Gasteiger partial charge on any atom is 0.225 e. The fourth-order valence-electron chi connectivity index (χ4n) is 4.34. The molecule has 1 saturated heterocycles. The monoisotopic (exact) mass is 422 g/mol. The molecule has 1 unspecified atom stereocenters. The van der Waals surface area contributed by atoms with Gasteiger partial charge in [0, 0.05) is 49.1 Å². The van der Waals surface area contributed by atoms with Crippen LogP contribution in [0.3, 0.4) is 0 Å². The number of halogens is 2. The van der Waals surface area contributed by atoms with E-state index in [1.54, 1.807) is 13.1 Å². The fourth-order valence-corrected chi connectivity index (χ4v) is 4.76. The van der Waals surface area contributed by atoms with Crippen molar-refractivity contribution in [2.75, 3.05) is 26.7 Å². The van der Waals surface area contributed by atoms with Crippen LogP contribution >= 0.6 is 11.6 Å². The van der Waals surface area contributed by atoms with E-state index in [1.165, 1.54) is 25.0 Å². The molecule has 2 fully saturated rings. The number of guanidine groups is 1. The number of carbonyl (C=O) groups excluding carboxylic acids is 1. The normalized spacial score (nSPS) is 20.9. The zero-order valence-electron chi connectivity index (χ0n) is 17.6. The van der Waals surface area contributed by atoms with Crippen LogP contribution in [-0.4, -0.2) is 49.5 Å². The van der Waals surface area contributed by atoms with Gasteiger partial charge in [0.1, 0.15) is 5.82 Å². The summed E-state index contributed by atoms with van der Waals surface area (Å²) in [5.41, 5.74) is 0.584. The molecule has 29 heavy (non-hydrogen) atoms. The molecule has 1 saturated carbocycles. The first kappa shape index (κ1) is 21.9. The Hall–Kier alpha value is -1.82. The average molecular weight is 423 g/mol. The summed E-state index contributed by atoms with van der Waals surface area (Å²) >= 11 is 6.25. The van der Waals surface area contributed by atoms with E-state index in [9.17, 15) is 9.18 Å². The first-order chi connectivity index (χ1) is 13.8. The maximum absolute atomic E-state index is 13.4. The van der Waals surface area contributed by atoms with Crippen molar-refractivity contribution >= 4 is 23.5 Å². The Morgan fingerprint density at radius 1 is 1.31 bits per heavy atom. The molecule has 1 aromatic carbocycles. The number of aliphatic imine (C=N–C) groups is 1. The Morgan fingerprint density at radius 2 is 2.03 bits per heavy atom. The van der Waals surface area contributed by atoms with Crippen LogP contribution in [0.25, 0.3) is 0 Å². The molecule has 0 bridgehead atoms. The van der Waals surface area contributed by atoms with Crippen molar-refractivity contribution in [1.29, 1.82) is 0 Å². The van der Waals surface area contributed by atoms with Gasteiger partial charge in [-0.3, -0.25) is 9.79 Å². The van der Waals surface area contributed by atoms with E-state index in [1.807, 2.05) is 4.90 Å². The minimum Gasteiger partial charge on any atom is -0.356 e. The van der Waals surface area contributed by atoms with Gasteiger partial charge < -0.3 is 15.5 Å². The third-order valence-corrected chi connectivity index (χ3v) is 6.44. The molecule has 1 aliphatic carbocycles. The van der Waals surface area contributed by atoms with Crippen molar-refractivity contribution < 1.29 is 9.18 Å². The number of nitrogens with one attached hydrogen (secondary N) is 2. The van der Waals surface area contributed by atoms with Gasteiger partial charge in [-0.25, -0.2) is 4.39 Å². The van der Waals surface area contributed by atoms with Crippen molar-refractivity contribution in [2.24, 2.45) is 10.9 Å². The number of hydrogen-bond donors (Lipinski definition) is 2. The number of rotatable bonds is 5. The van der Waals surface area contributed by atoms with Crippen molar-refractivity contribution in [2.45, 2.75) is 57.4 Å². The highest BCUT2D eigenvalue weighted by atomic mass is 35.5. The summed E-state index contributed by atoms with van der Waals surface area (Å²) in [6.07, 6.45) is 5.36. The highest BCUT2D eigenvalue weighted by Crippen LogP contribution is 2.30. The molecule has 1 aliphatic heterocycles. The Labute approximate surface area is 178 Å². The minimum absolute atomic E-state index is 0.198. The van der Waals surface area contributed by atoms with E-state index in [2.05, 4.69) is 29.5 Å². The third kappa shape index (κ3) is 5.41. The van der Waals surface area contributed by atoms with Crippen molar-refractivity contribution in [3.63, 3.8) is 0 Å². The van der Waals surface area contributed by atoms with Gasteiger partial charge in [-0.05, 0) is 37.0 Å². The molecule has 1 amide bonds. The molecule has 2 N–H and O–H groups in total. The molecule has 1 atom stereocenters. The van der Waals surface area contributed by atoms with Crippen LogP contribution in [0.4, 0.5) is 4.39 Å². The minimum atomic E-state index is -0.335. The van der Waals surface area contributed by atoms with Crippen molar-refractivity contribution in [3.8, 4) is 0 Å². The summed E-state index contributed by atoms with van der Waals surface area (Å²) in [4.78, 5) is 19.0. The van der Waals surface area contributed by atoms with E-state index < -0.39 is 0 Å². The Morgan fingerprint density at radius 3 is 2.69 bits per heavy atom. The fraction of sp³-hybridized carbons (Fsp3) is 0.636. The Bertz CT molecular complexity index is 761. The summed E-state index contributed by atoms with van der Waals surface area (Å²) in [6, 6.07) is 4.72. The van der Waals surface area contributed by atoms with Crippen molar-refractivity contribution in [3.05, 3.63) is 34.6 Å². The molecular weight excluding hydrogens is 391 g/mol. The Balaban J connectivity index is 1.52. The number of likely N-dealkylation sites (tertiary alicyclic amines) is 1. The van der Waals surface area contributed by atoms with Gasteiger partial charge in [-0.15, -0.1) is 0 Å². The van der Waals surface area contributed by atoms with Gasteiger partial charge >= 0.3 is 0 Å². The number of hydrogen-bond acceptors (Lipinski definition) is 2. The van der Waals surface area contributed by atoms with E-state index >= 15 is 0 Å². The molecule has 0 radical (unpaired) electrons. The lowest BCUT2D eigenvalue weighted by atomic mass is 9.84. The second-order valence-electron chi connectivity index (χ2n) is 8.83. The van der Waals surface area contributed by atoms with Crippen molar-refractivity contribution in [1.82, 2.24) is 15.5 Å². The second kappa shape index (κ2) is 9.33. The quantitative estimate of drug-likeness (QED) is 0.561. The zero-order chi connectivity index (χ0) is 21.0. The number of benzene rings is 1. The first-order valence-corrected chi connectivity index (χ1v) is 10.9. The van der Waals surface area contributed by atoms with Crippen LogP contribution in [-0.2, 0) is 10.2 Å². The number of nitrogens with zero attached hydrogens (tertiary/aromatic N) is 2. The molecule has 1 heterocycles. The van der Waals surface area contributed by atoms with Gasteiger partial charge in [0.15, 0.2) is 5.96 Å². The van der Waals surface area contributed by atoms with Crippen LogP contribution in [0.5, 0.6) is 0 Å². The second-order valence-corrected chi connectivity index (χ2v) is 9.24. The van der Waals surface area contributed by atoms with Gasteiger partial charge in [-0.1, -0.05) is 44.4 Å². The lowest BCUT2D eigenvalue weighted by molar-refractivity contribution is -0.134. The lowest BCUT2D eigenvalue weighted by Crippen LogP contribution is -2.48. The first-order valence-electron chi connectivity index (χ1n) is 10.5. The number of carbonyl (C=O) groups is 1. The maximum atomic E-state index is 13.4. The summed E-state index contributed by atoms with van der Waals surface area (Å²) < 4.78 is 13.4. The molecular formula is C22H32ClFN4O. The largest absolute Gasteiger partial charge is 0.356 e. The van der Waals surface area contributed by atoms with Crippen LogP contribution in [0.15, 0.2) is 23.2 Å². The summed E-state index contributed by atoms with van der Waals surface area (Å²) in [7, 11) is 1.74. The molecule has 1 aromatic rings. The van der Waals surface area contributed by atoms with E-state index in [0.717, 1.165) is 37.9 Å². The molecule has 3 rings (SSSR count). The Kier molecular flexibility index (Phi) is 7.04. The molecule has 5 nitrogen and oxygen atoms in total. The number of amides is 1. The van der Waals surface area contributed by atoms with E-state index in [-0.39, 0.29) is 23.2 Å². The van der Waals surface area contributed by atoms with Crippen LogP contribution < -0.4 is 10.6 Å². The van der Waals surface area contributed by atoms with Crippen LogP contribution in [0.1, 0.15) is 51.5 Å². The molecule has 160 valence electrons. The van der Waals surface area contributed by atoms with E-state index in [4.69, 9.17) is 11.6 Å². The summed E-state index contributed by atoms with van der Waals surface area (Å²) in [5, 5.41) is 7.23. The van der Waals surface area contributed by atoms with Gasteiger partial charge in [-0.2, -0.15) is 0 Å². The topological polar surface area (TPSA) is 56.7 Å². The molecule has 7 heteroatoms. The third-order valence-electron chi connectivity index (χ3n) is 6.13. The van der Waals surface area contributed by atoms with Gasteiger partial charge in [0.05, 0.1) is 0 Å². The zero-order valence-corrected chi connectivity index (χ0v) is 18.4. The average Bonchev–Trinajstić information content (AvgIpc) is 3.36. The molecule has 0 spiro atoms. The van der Waals surface area contributed by atoms with Gasteiger partial charge in [0.25, 0.3) is 0 Å². The standard InChI is InChI=1S/C22H32ClFN4O/c1-22(2,18-9-8-16(24)12-19(18)23)14-26-21(25-3)27-17-10-11-28(13-17)20(29)15-6-4-5-7-15/h8-9,12,15,17H,4-7,10-11,13-14H2,1-3H3,(H2,25,26,27). The predicted molar refractivity (Wildman–Crippen MR) is 116 cm³/mol. The van der Waals surface area contributed by atoms with Crippen LogP contribution in [0, 0.1) is 11.7 Å². The molecule has 0 aromatic heterocycles. The lowest BCUT2D eigenvalue weighted by Gasteiger charge is -2.28. The predicted octanol–water partition coefficient (Wildman–Crippen LogP) is 3.71. The highest BCUT2D eigenvalue weighted by Gasteiger charge is 2.32. The summed E-state index contributed by atoms with van der Waals surface area (Å²) in [5.74, 6) is 0.920.